The fourth-order valence-electron chi connectivity index (χ4n) is 2.55. The second-order valence-electron chi connectivity index (χ2n) is 4.70. The van der Waals surface area contributed by atoms with E-state index in [4.69, 9.17) is 16.3 Å². The van der Waals surface area contributed by atoms with Crippen LogP contribution in [0.3, 0.4) is 0 Å². The smallest absolute Gasteiger partial charge is 0.328 e. The molecule has 1 aromatic carbocycles. The Morgan fingerprint density at radius 1 is 1.55 bits per heavy atom. The van der Waals surface area contributed by atoms with Crippen molar-refractivity contribution in [2.45, 2.75) is 31.8 Å². The summed E-state index contributed by atoms with van der Waals surface area (Å²) in [5.74, 6) is -1.23. The van der Waals surface area contributed by atoms with E-state index in [1.165, 1.54) is 18.1 Å². The monoisotopic (exact) mass is 299 g/mol. The minimum absolute atomic E-state index is 0.00406. The predicted molar refractivity (Wildman–Crippen MR) is 71.7 cm³/mol. The number of carbonyl (C=O) groups is 2. The standard InChI is InChI=1S/C14H15ClFNO3/c1-8(9-4-3-5-10(15)13(9)16)17-11(14(19)20-2)6-7-12(17)18/h3-5,8,11H,6-7H2,1-2H3. The van der Waals surface area contributed by atoms with Crippen molar-refractivity contribution in [2.24, 2.45) is 0 Å². The summed E-state index contributed by atoms with van der Waals surface area (Å²) < 4.78 is 18.8. The molecule has 2 atom stereocenters. The molecule has 2 rings (SSSR count). The number of benzene rings is 1. The van der Waals surface area contributed by atoms with Crippen LogP contribution < -0.4 is 0 Å². The molecular weight excluding hydrogens is 285 g/mol. The van der Waals surface area contributed by atoms with Gasteiger partial charge in [0.1, 0.15) is 11.9 Å². The summed E-state index contributed by atoms with van der Waals surface area (Å²) in [6, 6.07) is 3.38. The van der Waals surface area contributed by atoms with E-state index in [0.29, 0.717) is 12.0 Å². The molecule has 0 N–H and O–H groups in total. The Balaban J connectivity index is 2.35. The second-order valence-corrected chi connectivity index (χ2v) is 5.10. The molecule has 1 saturated heterocycles. The van der Waals surface area contributed by atoms with Crippen molar-refractivity contribution in [3.8, 4) is 0 Å². The highest BCUT2D eigenvalue weighted by atomic mass is 35.5. The van der Waals surface area contributed by atoms with Crippen LogP contribution >= 0.6 is 11.6 Å². The maximum absolute atomic E-state index is 14.1. The van der Waals surface area contributed by atoms with Crippen molar-refractivity contribution in [1.82, 2.24) is 4.90 Å². The summed E-state index contributed by atoms with van der Waals surface area (Å²) in [5, 5.41) is -0.00406. The molecule has 1 aliphatic heterocycles. The van der Waals surface area contributed by atoms with E-state index < -0.39 is 23.9 Å². The Hall–Kier alpha value is -1.62. The number of esters is 1. The zero-order chi connectivity index (χ0) is 14.9. The molecule has 0 aliphatic carbocycles. The van der Waals surface area contributed by atoms with Crippen LogP contribution in [0.5, 0.6) is 0 Å². The predicted octanol–water partition coefficient (Wildman–Crippen LogP) is 2.70. The minimum Gasteiger partial charge on any atom is -0.467 e. The molecule has 0 saturated carbocycles. The Morgan fingerprint density at radius 2 is 2.25 bits per heavy atom. The number of halogens is 2. The lowest BCUT2D eigenvalue weighted by Gasteiger charge is -2.30. The van der Waals surface area contributed by atoms with E-state index in [1.807, 2.05) is 0 Å². The number of amides is 1. The third-order valence-corrected chi connectivity index (χ3v) is 3.87. The summed E-state index contributed by atoms with van der Waals surface area (Å²) in [7, 11) is 1.27. The van der Waals surface area contributed by atoms with Gasteiger partial charge < -0.3 is 9.64 Å². The van der Waals surface area contributed by atoms with Gasteiger partial charge in [0.15, 0.2) is 0 Å². The summed E-state index contributed by atoms with van der Waals surface area (Å²) in [6.45, 7) is 1.67. The van der Waals surface area contributed by atoms with Gasteiger partial charge in [-0.25, -0.2) is 9.18 Å². The van der Waals surface area contributed by atoms with Crippen LogP contribution in [-0.4, -0.2) is 29.9 Å². The van der Waals surface area contributed by atoms with E-state index in [0.717, 1.165) is 0 Å². The molecule has 1 amide bonds. The Bertz CT molecular complexity index is 549. The minimum atomic E-state index is -0.666. The third-order valence-electron chi connectivity index (χ3n) is 3.58. The van der Waals surface area contributed by atoms with Crippen LogP contribution in [0, 0.1) is 5.82 Å². The highest BCUT2D eigenvalue weighted by Gasteiger charge is 2.40. The molecule has 108 valence electrons. The number of rotatable bonds is 3. The van der Waals surface area contributed by atoms with Crippen molar-refractivity contribution >= 4 is 23.5 Å². The first-order chi connectivity index (χ1) is 9.47. The number of ether oxygens (including phenoxy) is 1. The highest BCUT2D eigenvalue weighted by molar-refractivity contribution is 6.30. The largest absolute Gasteiger partial charge is 0.467 e. The average molecular weight is 300 g/mol. The van der Waals surface area contributed by atoms with Crippen LogP contribution in [0.15, 0.2) is 18.2 Å². The number of hydrogen-bond acceptors (Lipinski definition) is 3. The maximum atomic E-state index is 14.1. The van der Waals surface area contributed by atoms with Crippen LogP contribution in [-0.2, 0) is 14.3 Å². The van der Waals surface area contributed by atoms with Crippen molar-refractivity contribution < 1.29 is 18.7 Å². The van der Waals surface area contributed by atoms with E-state index in [1.54, 1.807) is 19.1 Å². The van der Waals surface area contributed by atoms with Gasteiger partial charge in [-0.3, -0.25) is 4.79 Å². The quantitative estimate of drug-likeness (QED) is 0.806. The van der Waals surface area contributed by atoms with E-state index in [-0.39, 0.29) is 17.4 Å². The van der Waals surface area contributed by atoms with Crippen LogP contribution in [0.1, 0.15) is 31.4 Å². The zero-order valence-electron chi connectivity index (χ0n) is 11.2. The molecule has 1 fully saturated rings. The second kappa shape index (κ2) is 5.79. The van der Waals surface area contributed by atoms with Gasteiger partial charge >= 0.3 is 5.97 Å². The van der Waals surface area contributed by atoms with Crippen LogP contribution in [0.25, 0.3) is 0 Å². The van der Waals surface area contributed by atoms with Crippen molar-refractivity contribution in [3.63, 3.8) is 0 Å². The summed E-state index contributed by atoms with van der Waals surface area (Å²) >= 11 is 5.76. The molecule has 1 heterocycles. The number of carbonyl (C=O) groups excluding carboxylic acids is 2. The van der Waals surface area contributed by atoms with Gasteiger partial charge in [-0.1, -0.05) is 23.7 Å². The third kappa shape index (κ3) is 2.50. The number of hydrogen-bond donors (Lipinski definition) is 0. The molecule has 20 heavy (non-hydrogen) atoms. The van der Waals surface area contributed by atoms with Gasteiger partial charge in [0, 0.05) is 12.0 Å². The van der Waals surface area contributed by atoms with Gasteiger partial charge in [-0.2, -0.15) is 0 Å². The van der Waals surface area contributed by atoms with Gasteiger partial charge in [0.2, 0.25) is 5.91 Å². The van der Waals surface area contributed by atoms with Crippen molar-refractivity contribution in [3.05, 3.63) is 34.6 Å². The van der Waals surface area contributed by atoms with Crippen molar-refractivity contribution in [2.75, 3.05) is 7.11 Å². The molecule has 0 aromatic heterocycles. The molecule has 0 spiro atoms. The number of likely N-dealkylation sites (tertiary alicyclic amines) is 1. The normalized spacial score (nSPS) is 20.1. The molecule has 1 aliphatic rings. The molecule has 1 aromatic rings. The Morgan fingerprint density at radius 3 is 2.90 bits per heavy atom. The van der Waals surface area contributed by atoms with E-state index in [2.05, 4.69) is 0 Å². The number of nitrogens with zero attached hydrogens (tertiary/aromatic N) is 1. The first-order valence-corrected chi connectivity index (χ1v) is 6.68. The zero-order valence-corrected chi connectivity index (χ0v) is 12.0. The van der Waals surface area contributed by atoms with Gasteiger partial charge in [0.25, 0.3) is 0 Å². The maximum Gasteiger partial charge on any atom is 0.328 e. The topological polar surface area (TPSA) is 46.6 Å². The molecule has 2 unspecified atom stereocenters. The van der Waals surface area contributed by atoms with Gasteiger partial charge in [0.05, 0.1) is 18.2 Å². The lowest BCUT2D eigenvalue weighted by molar-refractivity contribution is -0.150. The van der Waals surface area contributed by atoms with Gasteiger partial charge in [-0.15, -0.1) is 0 Å². The van der Waals surface area contributed by atoms with E-state index in [9.17, 15) is 14.0 Å². The fourth-order valence-corrected chi connectivity index (χ4v) is 2.73. The SMILES string of the molecule is COC(=O)C1CCC(=O)N1C(C)c1cccc(Cl)c1F. The van der Waals surface area contributed by atoms with E-state index >= 15 is 0 Å². The van der Waals surface area contributed by atoms with Crippen LogP contribution in [0.2, 0.25) is 5.02 Å². The lowest BCUT2D eigenvalue weighted by Crippen LogP contribution is -2.41. The molecule has 0 bridgehead atoms. The molecule has 4 nitrogen and oxygen atoms in total. The summed E-state index contributed by atoms with van der Waals surface area (Å²) in [5.41, 5.74) is 0.293. The lowest BCUT2D eigenvalue weighted by atomic mass is 10.1. The molecular formula is C14H15ClFNO3. The number of methoxy groups -OCH3 is 1. The van der Waals surface area contributed by atoms with Crippen LogP contribution in [0.4, 0.5) is 4.39 Å². The fraction of sp³-hybridized carbons (Fsp3) is 0.429. The highest BCUT2D eigenvalue weighted by Crippen LogP contribution is 2.33. The summed E-state index contributed by atoms with van der Waals surface area (Å²) in [4.78, 5) is 25.1. The molecule has 0 radical (unpaired) electrons. The summed E-state index contributed by atoms with van der Waals surface area (Å²) in [6.07, 6.45) is 0.643. The first-order valence-electron chi connectivity index (χ1n) is 6.30. The van der Waals surface area contributed by atoms with Gasteiger partial charge in [-0.05, 0) is 19.4 Å². The van der Waals surface area contributed by atoms with Crippen molar-refractivity contribution in [1.29, 1.82) is 0 Å². The Labute approximate surface area is 121 Å². The Kier molecular flexibility index (Phi) is 4.28. The first kappa shape index (κ1) is 14.8. The average Bonchev–Trinajstić information content (AvgIpc) is 2.82. The molecule has 6 heteroatoms.